The highest BCUT2D eigenvalue weighted by molar-refractivity contribution is 5.67. The van der Waals surface area contributed by atoms with Crippen molar-refractivity contribution in [1.29, 1.82) is 0 Å². The minimum absolute atomic E-state index is 0.229. The van der Waals surface area contributed by atoms with Gasteiger partial charge in [0.15, 0.2) is 0 Å². The molecule has 5 heteroatoms. The van der Waals surface area contributed by atoms with E-state index in [2.05, 4.69) is 10.6 Å². The van der Waals surface area contributed by atoms with Gasteiger partial charge < -0.3 is 21.1 Å². The first-order chi connectivity index (χ1) is 11.8. The van der Waals surface area contributed by atoms with Crippen molar-refractivity contribution in [3.63, 3.8) is 0 Å². The smallest absolute Gasteiger partial charge is 0.407 e. The van der Waals surface area contributed by atoms with Crippen LogP contribution in [0, 0.1) is 5.92 Å². The van der Waals surface area contributed by atoms with E-state index in [1.54, 1.807) is 0 Å². The highest BCUT2D eigenvalue weighted by Crippen LogP contribution is 2.26. The third-order valence-corrected chi connectivity index (χ3v) is 4.69. The molecule has 5 nitrogen and oxygen atoms in total. The Balaban J connectivity index is 1.93. The average molecular weight is 348 g/mol. The van der Waals surface area contributed by atoms with Crippen molar-refractivity contribution < 1.29 is 9.53 Å². The molecule has 0 saturated heterocycles. The number of carbonyl (C=O) groups excluding carboxylic acids is 1. The van der Waals surface area contributed by atoms with E-state index in [0.717, 1.165) is 11.3 Å². The zero-order valence-electron chi connectivity index (χ0n) is 15.8. The Labute approximate surface area is 151 Å². The molecule has 1 aliphatic carbocycles. The van der Waals surface area contributed by atoms with Crippen LogP contribution in [-0.2, 0) is 11.3 Å². The van der Waals surface area contributed by atoms with Crippen LogP contribution in [0.2, 0.25) is 0 Å². The summed E-state index contributed by atoms with van der Waals surface area (Å²) in [5, 5.41) is 6.55. The third-order valence-electron chi connectivity index (χ3n) is 4.69. The molecule has 25 heavy (non-hydrogen) atoms. The van der Waals surface area contributed by atoms with Crippen LogP contribution < -0.4 is 16.4 Å². The normalized spacial score (nSPS) is 17.1. The molecule has 2 rings (SSSR count). The van der Waals surface area contributed by atoms with Gasteiger partial charge in [-0.25, -0.2) is 4.79 Å². The lowest BCUT2D eigenvalue weighted by Crippen LogP contribution is -2.46. The molecule has 0 aromatic heterocycles. The second kappa shape index (κ2) is 9.09. The van der Waals surface area contributed by atoms with Crippen LogP contribution in [0.1, 0.15) is 58.4 Å². The lowest BCUT2D eigenvalue weighted by atomic mass is 9.83. The molecule has 0 spiro atoms. The number of carbonyl (C=O) groups is 1. The van der Waals surface area contributed by atoms with Crippen LogP contribution >= 0.6 is 0 Å². The van der Waals surface area contributed by atoms with Gasteiger partial charge in [0.1, 0.15) is 5.60 Å². The van der Waals surface area contributed by atoms with Crippen molar-refractivity contribution in [3.05, 3.63) is 29.8 Å². The molecular weight excluding hydrogens is 314 g/mol. The lowest BCUT2D eigenvalue weighted by molar-refractivity contribution is 0.0515. The molecule has 1 amide bonds. The van der Waals surface area contributed by atoms with Crippen LogP contribution in [0.15, 0.2) is 24.3 Å². The van der Waals surface area contributed by atoms with Gasteiger partial charge in [-0.2, -0.15) is 0 Å². The number of rotatable bonds is 6. The van der Waals surface area contributed by atoms with Gasteiger partial charge >= 0.3 is 6.09 Å². The number of hydrogen-bond acceptors (Lipinski definition) is 4. The summed E-state index contributed by atoms with van der Waals surface area (Å²) in [6.07, 6.45) is 5.91. The number of amides is 1. The number of nitrogens with two attached hydrogens (primary N) is 1. The van der Waals surface area contributed by atoms with E-state index in [4.69, 9.17) is 10.5 Å². The maximum Gasteiger partial charge on any atom is 0.407 e. The first kappa shape index (κ1) is 19.6. The summed E-state index contributed by atoms with van der Waals surface area (Å²) in [6, 6.07) is 8.14. The number of nitrogens with one attached hydrogen (secondary N) is 2. The van der Waals surface area contributed by atoms with E-state index in [9.17, 15) is 4.79 Å². The molecule has 1 saturated carbocycles. The number of ether oxygens (including phenoxy) is 1. The maximum atomic E-state index is 12.0. The molecule has 1 fully saturated rings. The fourth-order valence-corrected chi connectivity index (χ4v) is 3.39. The average Bonchev–Trinajstić information content (AvgIpc) is 2.55. The zero-order valence-corrected chi connectivity index (χ0v) is 15.8. The van der Waals surface area contributed by atoms with Crippen LogP contribution in [0.25, 0.3) is 0 Å². The molecule has 4 N–H and O–H groups in total. The van der Waals surface area contributed by atoms with Gasteiger partial charge in [0.2, 0.25) is 0 Å². The molecule has 0 aliphatic heterocycles. The molecule has 1 aromatic rings. The van der Waals surface area contributed by atoms with Crippen molar-refractivity contribution >= 4 is 11.8 Å². The summed E-state index contributed by atoms with van der Waals surface area (Å²) < 4.78 is 5.36. The second-order valence-electron chi connectivity index (χ2n) is 7.97. The molecule has 140 valence electrons. The monoisotopic (exact) mass is 347 g/mol. The number of anilines is 1. The van der Waals surface area contributed by atoms with Crippen molar-refractivity contribution in [2.24, 2.45) is 5.92 Å². The van der Waals surface area contributed by atoms with Gasteiger partial charge in [-0.05, 0) is 51.2 Å². The number of para-hydroxylation sites is 1. The van der Waals surface area contributed by atoms with E-state index in [1.165, 1.54) is 32.1 Å². The fourth-order valence-electron chi connectivity index (χ4n) is 3.39. The van der Waals surface area contributed by atoms with Crippen molar-refractivity contribution in [2.45, 2.75) is 71.1 Å². The summed E-state index contributed by atoms with van der Waals surface area (Å²) in [4.78, 5) is 12.0. The first-order valence-corrected chi connectivity index (χ1v) is 9.39. The van der Waals surface area contributed by atoms with E-state index in [-0.39, 0.29) is 12.1 Å². The van der Waals surface area contributed by atoms with Crippen molar-refractivity contribution in [2.75, 3.05) is 12.3 Å². The van der Waals surface area contributed by atoms with Gasteiger partial charge in [-0.15, -0.1) is 0 Å². The highest BCUT2D eigenvalue weighted by Gasteiger charge is 2.25. The molecule has 1 aliphatic rings. The second-order valence-corrected chi connectivity index (χ2v) is 7.97. The number of nitrogen functional groups attached to an aromatic ring is 1. The SMILES string of the molecule is CC(C)(C)OC(=O)NCC(NCc1ccccc1N)C1CCCCC1. The summed E-state index contributed by atoms with van der Waals surface area (Å²) in [5.41, 5.74) is 7.47. The van der Waals surface area contributed by atoms with Crippen LogP contribution in [0.5, 0.6) is 0 Å². The van der Waals surface area contributed by atoms with E-state index in [1.807, 2.05) is 45.0 Å². The predicted octanol–water partition coefficient (Wildman–Crippen LogP) is 3.83. The summed E-state index contributed by atoms with van der Waals surface area (Å²) in [6.45, 7) is 6.92. The topological polar surface area (TPSA) is 76.4 Å². The predicted molar refractivity (Wildman–Crippen MR) is 102 cm³/mol. The Morgan fingerprint density at radius 1 is 1.24 bits per heavy atom. The lowest BCUT2D eigenvalue weighted by Gasteiger charge is -2.32. The Bertz CT molecular complexity index is 548. The maximum absolute atomic E-state index is 12.0. The third kappa shape index (κ3) is 6.94. The molecule has 1 aromatic carbocycles. The Kier molecular flexibility index (Phi) is 7.12. The fraction of sp³-hybridized carbons (Fsp3) is 0.650. The van der Waals surface area contributed by atoms with Crippen LogP contribution in [-0.4, -0.2) is 24.3 Å². The van der Waals surface area contributed by atoms with Gasteiger partial charge in [0.25, 0.3) is 0 Å². The van der Waals surface area contributed by atoms with Gasteiger partial charge in [0, 0.05) is 24.8 Å². The molecule has 0 heterocycles. The number of alkyl carbamates (subject to hydrolysis) is 1. The molecular formula is C20H33N3O2. The minimum Gasteiger partial charge on any atom is -0.444 e. The van der Waals surface area contributed by atoms with Crippen molar-refractivity contribution in [1.82, 2.24) is 10.6 Å². The van der Waals surface area contributed by atoms with Gasteiger partial charge in [-0.3, -0.25) is 0 Å². The largest absolute Gasteiger partial charge is 0.444 e. The van der Waals surface area contributed by atoms with E-state index >= 15 is 0 Å². The van der Waals surface area contributed by atoms with Gasteiger partial charge in [0.05, 0.1) is 0 Å². The quantitative estimate of drug-likeness (QED) is 0.684. The van der Waals surface area contributed by atoms with E-state index < -0.39 is 5.60 Å². The highest BCUT2D eigenvalue weighted by atomic mass is 16.6. The molecule has 1 atom stereocenters. The zero-order chi connectivity index (χ0) is 18.3. The molecule has 0 radical (unpaired) electrons. The summed E-state index contributed by atoms with van der Waals surface area (Å²) in [7, 11) is 0. The molecule has 0 bridgehead atoms. The number of benzene rings is 1. The summed E-state index contributed by atoms with van der Waals surface area (Å²) in [5.74, 6) is 0.577. The molecule has 1 unspecified atom stereocenters. The standard InChI is InChI=1S/C20H33N3O2/c1-20(2,3)25-19(24)23-14-18(15-9-5-4-6-10-15)22-13-16-11-7-8-12-17(16)21/h7-8,11-12,15,18,22H,4-6,9-10,13-14,21H2,1-3H3,(H,23,24). The number of hydrogen-bond donors (Lipinski definition) is 3. The van der Waals surface area contributed by atoms with Crippen LogP contribution in [0.3, 0.4) is 0 Å². The minimum atomic E-state index is -0.476. The summed E-state index contributed by atoms with van der Waals surface area (Å²) >= 11 is 0. The van der Waals surface area contributed by atoms with Crippen molar-refractivity contribution in [3.8, 4) is 0 Å². The Hall–Kier alpha value is -1.75. The first-order valence-electron chi connectivity index (χ1n) is 9.39. The Morgan fingerprint density at radius 3 is 2.56 bits per heavy atom. The van der Waals surface area contributed by atoms with Crippen LogP contribution in [0.4, 0.5) is 10.5 Å². The van der Waals surface area contributed by atoms with E-state index in [0.29, 0.717) is 19.0 Å². The Morgan fingerprint density at radius 2 is 1.92 bits per heavy atom. The van der Waals surface area contributed by atoms with Gasteiger partial charge in [-0.1, -0.05) is 37.5 Å².